The molecule has 94 valence electrons. The largest absolute Gasteiger partial charge is 0.481 e. The highest BCUT2D eigenvalue weighted by atomic mass is 32.2. The molecule has 18 heavy (non-hydrogen) atoms. The summed E-state index contributed by atoms with van der Waals surface area (Å²) in [5, 5.41) is 11.8. The number of carbonyl (C=O) groups is 1. The van der Waals surface area contributed by atoms with Crippen molar-refractivity contribution in [2.45, 2.75) is 11.4 Å². The third kappa shape index (κ3) is 3.85. The number of furan rings is 1. The van der Waals surface area contributed by atoms with Crippen LogP contribution in [0.15, 0.2) is 52.2 Å². The molecule has 5 heteroatoms. The van der Waals surface area contributed by atoms with E-state index in [9.17, 15) is 4.79 Å². The Morgan fingerprint density at radius 1 is 1.28 bits per heavy atom. The Kier molecular flexibility index (Phi) is 4.30. The average molecular weight is 263 g/mol. The second-order valence-electron chi connectivity index (χ2n) is 3.69. The number of nitrogens with one attached hydrogen (secondary N) is 1. The minimum Gasteiger partial charge on any atom is -0.481 e. The smallest absolute Gasteiger partial charge is 0.313 e. The molecule has 2 aromatic rings. The first-order valence-corrected chi connectivity index (χ1v) is 6.42. The van der Waals surface area contributed by atoms with Crippen molar-refractivity contribution in [2.24, 2.45) is 0 Å². The van der Waals surface area contributed by atoms with Gasteiger partial charge >= 0.3 is 5.97 Å². The highest BCUT2D eigenvalue weighted by Crippen LogP contribution is 2.20. The number of hydrogen-bond donors (Lipinski definition) is 2. The molecule has 0 radical (unpaired) electrons. The molecular formula is C13H13NO3S. The summed E-state index contributed by atoms with van der Waals surface area (Å²) >= 11 is 1.31. The topological polar surface area (TPSA) is 62.5 Å². The molecule has 0 spiro atoms. The molecule has 0 saturated heterocycles. The van der Waals surface area contributed by atoms with Crippen molar-refractivity contribution in [3.63, 3.8) is 0 Å². The van der Waals surface area contributed by atoms with Crippen molar-refractivity contribution < 1.29 is 14.3 Å². The van der Waals surface area contributed by atoms with E-state index < -0.39 is 5.97 Å². The van der Waals surface area contributed by atoms with Gasteiger partial charge in [-0.2, -0.15) is 0 Å². The van der Waals surface area contributed by atoms with Gasteiger partial charge in [0, 0.05) is 22.7 Å². The van der Waals surface area contributed by atoms with Crippen molar-refractivity contribution in [3.8, 4) is 0 Å². The van der Waals surface area contributed by atoms with E-state index in [2.05, 4.69) is 5.32 Å². The van der Waals surface area contributed by atoms with Crippen LogP contribution in [0.2, 0.25) is 0 Å². The minimum atomic E-state index is -0.804. The zero-order chi connectivity index (χ0) is 12.8. The Labute approximate surface area is 109 Å². The zero-order valence-corrected chi connectivity index (χ0v) is 10.4. The van der Waals surface area contributed by atoms with Crippen LogP contribution in [-0.4, -0.2) is 16.8 Å². The van der Waals surface area contributed by atoms with Gasteiger partial charge in [0.05, 0.1) is 18.3 Å². The van der Waals surface area contributed by atoms with Gasteiger partial charge in [0.1, 0.15) is 0 Å². The van der Waals surface area contributed by atoms with Crippen LogP contribution in [0.3, 0.4) is 0 Å². The number of hydrogen-bond acceptors (Lipinski definition) is 4. The fraction of sp³-hybridized carbons (Fsp3) is 0.154. The van der Waals surface area contributed by atoms with E-state index in [1.54, 1.807) is 12.5 Å². The SMILES string of the molecule is O=C(O)CSc1ccc(NCc2ccoc2)cc1. The maximum Gasteiger partial charge on any atom is 0.313 e. The van der Waals surface area contributed by atoms with E-state index in [0.717, 1.165) is 16.1 Å². The van der Waals surface area contributed by atoms with E-state index in [1.807, 2.05) is 30.3 Å². The molecule has 0 fully saturated rings. The Bertz CT molecular complexity index is 493. The summed E-state index contributed by atoms with van der Waals surface area (Å²) in [6, 6.07) is 9.59. The average Bonchev–Trinajstić information content (AvgIpc) is 2.88. The predicted octanol–water partition coefficient (Wildman–Crippen LogP) is 3.07. The summed E-state index contributed by atoms with van der Waals surface area (Å²) in [7, 11) is 0. The molecule has 0 atom stereocenters. The van der Waals surface area contributed by atoms with Gasteiger partial charge in [-0.15, -0.1) is 11.8 Å². The Morgan fingerprint density at radius 2 is 2.06 bits per heavy atom. The van der Waals surface area contributed by atoms with Crippen LogP contribution in [0.1, 0.15) is 5.56 Å². The number of aliphatic carboxylic acids is 1. The molecule has 0 aliphatic carbocycles. The van der Waals surface area contributed by atoms with Crippen LogP contribution in [0, 0.1) is 0 Å². The maximum absolute atomic E-state index is 10.4. The lowest BCUT2D eigenvalue weighted by atomic mass is 10.3. The number of benzene rings is 1. The maximum atomic E-state index is 10.4. The zero-order valence-electron chi connectivity index (χ0n) is 9.63. The van der Waals surface area contributed by atoms with Crippen molar-refractivity contribution in [1.82, 2.24) is 0 Å². The van der Waals surface area contributed by atoms with E-state index in [4.69, 9.17) is 9.52 Å². The summed E-state index contributed by atoms with van der Waals surface area (Å²) < 4.78 is 4.98. The molecule has 0 amide bonds. The molecule has 0 unspecified atom stereocenters. The lowest BCUT2D eigenvalue weighted by Crippen LogP contribution is -1.98. The van der Waals surface area contributed by atoms with Crippen molar-refractivity contribution >= 4 is 23.4 Å². The predicted molar refractivity (Wildman–Crippen MR) is 70.8 cm³/mol. The quantitative estimate of drug-likeness (QED) is 0.784. The monoisotopic (exact) mass is 263 g/mol. The van der Waals surface area contributed by atoms with Crippen LogP contribution >= 0.6 is 11.8 Å². The van der Waals surface area contributed by atoms with Crippen molar-refractivity contribution in [2.75, 3.05) is 11.1 Å². The summed E-state index contributed by atoms with van der Waals surface area (Å²) in [5.74, 6) is -0.718. The number of carboxylic acid groups (broad SMARTS) is 1. The molecule has 4 nitrogen and oxygen atoms in total. The molecule has 0 aliphatic heterocycles. The first kappa shape index (κ1) is 12.6. The molecule has 0 saturated carbocycles. The summed E-state index contributed by atoms with van der Waals surface area (Å²) in [4.78, 5) is 11.4. The van der Waals surface area contributed by atoms with Gasteiger partial charge in [-0.1, -0.05) is 0 Å². The lowest BCUT2D eigenvalue weighted by molar-refractivity contribution is -0.133. The molecule has 0 bridgehead atoms. The van der Waals surface area contributed by atoms with Crippen molar-refractivity contribution in [1.29, 1.82) is 0 Å². The summed E-state index contributed by atoms with van der Waals surface area (Å²) in [6.07, 6.45) is 3.34. The Balaban J connectivity index is 1.85. The van der Waals surface area contributed by atoms with E-state index >= 15 is 0 Å². The van der Waals surface area contributed by atoms with Gasteiger partial charge in [-0.05, 0) is 30.3 Å². The molecular weight excluding hydrogens is 250 g/mol. The minimum absolute atomic E-state index is 0.0851. The normalized spacial score (nSPS) is 10.2. The highest BCUT2D eigenvalue weighted by molar-refractivity contribution is 8.00. The Hall–Kier alpha value is -1.88. The third-order valence-corrected chi connectivity index (χ3v) is 3.29. The van der Waals surface area contributed by atoms with Gasteiger partial charge in [-0.25, -0.2) is 0 Å². The number of anilines is 1. The van der Waals surface area contributed by atoms with Crippen LogP contribution in [0.4, 0.5) is 5.69 Å². The van der Waals surface area contributed by atoms with Gasteiger partial charge in [0.2, 0.25) is 0 Å². The van der Waals surface area contributed by atoms with Gasteiger partial charge < -0.3 is 14.8 Å². The van der Waals surface area contributed by atoms with Crippen LogP contribution < -0.4 is 5.32 Å². The van der Waals surface area contributed by atoms with Gasteiger partial charge in [0.15, 0.2) is 0 Å². The molecule has 0 aliphatic rings. The third-order valence-electron chi connectivity index (χ3n) is 2.29. The first-order chi connectivity index (χ1) is 8.74. The molecule has 1 heterocycles. The fourth-order valence-electron chi connectivity index (χ4n) is 1.41. The van der Waals surface area contributed by atoms with Crippen LogP contribution in [0.25, 0.3) is 0 Å². The second kappa shape index (κ2) is 6.16. The number of carboxylic acids is 1. The molecule has 1 aromatic carbocycles. The molecule has 2 rings (SSSR count). The van der Waals surface area contributed by atoms with Gasteiger partial charge in [0.25, 0.3) is 0 Å². The fourth-order valence-corrected chi connectivity index (χ4v) is 2.03. The van der Waals surface area contributed by atoms with E-state index in [1.165, 1.54) is 11.8 Å². The van der Waals surface area contributed by atoms with E-state index in [0.29, 0.717) is 6.54 Å². The van der Waals surface area contributed by atoms with Crippen LogP contribution in [0.5, 0.6) is 0 Å². The van der Waals surface area contributed by atoms with Crippen LogP contribution in [-0.2, 0) is 11.3 Å². The van der Waals surface area contributed by atoms with Gasteiger partial charge in [-0.3, -0.25) is 4.79 Å². The second-order valence-corrected chi connectivity index (χ2v) is 4.74. The highest BCUT2D eigenvalue weighted by Gasteiger charge is 2.00. The lowest BCUT2D eigenvalue weighted by Gasteiger charge is -2.05. The number of rotatable bonds is 6. The number of thioether (sulfide) groups is 1. The Morgan fingerprint density at radius 3 is 2.67 bits per heavy atom. The standard InChI is InChI=1S/C13H13NO3S/c15-13(16)9-18-12-3-1-11(2-4-12)14-7-10-5-6-17-8-10/h1-6,8,14H,7,9H2,(H,15,16). The van der Waals surface area contributed by atoms with E-state index in [-0.39, 0.29) is 5.75 Å². The summed E-state index contributed by atoms with van der Waals surface area (Å²) in [6.45, 7) is 0.706. The van der Waals surface area contributed by atoms with Crippen molar-refractivity contribution in [3.05, 3.63) is 48.4 Å². The first-order valence-electron chi connectivity index (χ1n) is 5.43. The molecule has 1 aromatic heterocycles. The summed E-state index contributed by atoms with van der Waals surface area (Å²) in [5.41, 5.74) is 2.08. The molecule has 2 N–H and O–H groups in total.